The molecule has 0 saturated heterocycles. The quantitative estimate of drug-likeness (QED) is 0.925. The summed E-state index contributed by atoms with van der Waals surface area (Å²) in [6.45, 7) is 3.27. The van der Waals surface area contributed by atoms with Crippen molar-refractivity contribution < 1.29 is 9.90 Å². The molecule has 0 aliphatic rings. The maximum Gasteiger partial charge on any atom is 0.337 e. The lowest BCUT2D eigenvalue weighted by Crippen LogP contribution is -2.24. The second kappa shape index (κ2) is 5.01. The summed E-state index contributed by atoms with van der Waals surface area (Å²) < 4.78 is 2.30. The lowest BCUT2D eigenvalue weighted by Gasteiger charge is -2.14. The highest BCUT2D eigenvalue weighted by Crippen LogP contribution is 2.17. The number of hydrogen-bond donors (Lipinski definition) is 1. The molecular weight excluding hydrogens is 310 g/mol. The van der Waals surface area contributed by atoms with Crippen molar-refractivity contribution in [1.82, 2.24) is 4.57 Å². The number of halogens is 1. The van der Waals surface area contributed by atoms with Gasteiger partial charge in [0.1, 0.15) is 0 Å². The maximum atomic E-state index is 12.1. The van der Waals surface area contributed by atoms with Gasteiger partial charge in [-0.15, -0.1) is 0 Å². The lowest BCUT2D eigenvalue weighted by molar-refractivity contribution is 0.0694. The van der Waals surface area contributed by atoms with Gasteiger partial charge < -0.3 is 5.11 Å². The van der Waals surface area contributed by atoms with E-state index in [2.05, 4.69) is 15.9 Å². The lowest BCUT2D eigenvalue weighted by atomic mass is 10.1. The van der Waals surface area contributed by atoms with Crippen molar-refractivity contribution >= 4 is 21.9 Å². The second-order valence-corrected chi connectivity index (χ2v) is 5.16. The van der Waals surface area contributed by atoms with Gasteiger partial charge in [0.15, 0.2) is 0 Å². The first-order chi connectivity index (χ1) is 8.91. The largest absolute Gasteiger partial charge is 0.478 e. The number of pyridine rings is 1. The van der Waals surface area contributed by atoms with Crippen molar-refractivity contribution in [3.05, 3.63) is 62.0 Å². The summed E-state index contributed by atoms with van der Waals surface area (Å²) in [5, 5.41) is 9.23. The highest BCUT2D eigenvalue weighted by Gasteiger charge is 2.16. The monoisotopic (exact) mass is 321 g/mol. The minimum Gasteiger partial charge on any atom is -0.478 e. The van der Waals surface area contributed by atoms with Gasteiger partial charge in [0.2, 0.25) is 0 Å². The smallest absolute Gasteiger partial charge is 0.337 e. The van der Waals surface area contributed by atoms with Gasteiger partial charge in [-0.25, -0.2) is 4.79 Å². The summed E-state index contributed by atoms with van der Waals surface area (Å²) in [6, 6.07) is 8.49. The summed E-state index contributed by atoms with van der Waals surface area (Å²) in [5.41, 5.74) is 1.49. The zero-order chi connectivity index (χ0) is 14.2. The highest BCUT2D eigenvalue weighted by molar-refractivity contribution is 9.10. The zero-order valence-corrected chi connectivity index (χ0v) is 12.1. The molecule has 0 bridgehead atoms. The third kappa shape index (κ3) is 2.46. The van der Waals surface area contributed by atoms with Gasteiger partial charge in [0.25, 0.3) is 5.56 Å². The molecule has 0 radical (unpaired) electrons. The molecular formula is C14H12BrNO3. The van der Waals surface area contributed by atoms with Gasteiger partial charge in [-0.3, -0.25) is 9.36 Å². The maximum absolute atomic E-state index is 12.1. The molecule has 0 saturated carbocycles. The van der Waals surface area contributed by atoms with Crippen LogP contribution in [0.5, 0.6) is 0 Å². The average Bonchev–Trinajstić information content (AvgIpc) is 2.30. The fraction of sp³-hybridized carbons (Fsp3) is 0.143. The molecule has 1 N–H and O–H groups in total. The molecule has 5 heteroatoms. The number of rotatable bonds is 2. The molecule has 2 rings (SSSR count). The SMILES string of the molecule is Cc1cc(=O)n(-c2ccc(Br)cc2)c(C)c1C(=O)O. The van der Waals surface area contributed by atoms with E-state index in [1.165, 1.54) is 10.6 Å². The number of hydrogen-bond acceptors (Lipinski definition) is 2. The number of carbonyl (C=O) groups is 1. The Morgan fingerprint density at radius 1 is 1.21 bits per heavy atom. The Morgan fingerprint density at radius 2 is 1.79 bits per heavy atom. The van der Waals surface area contributed by atoms with E-state index in [9.17, 15) is 14.7 Å². The van der Waals surface area contributed by atoms with Crippen LogP contribution in [-0.4, -0.2) is 15.6 Å². The molecule has 0 aliphatic carbocycles. The van der Waals surface area contributed by atoms with Gasteiger partial charge in [-0.2, -0.15) is 0 Å². The van der Waals surface area contributed by atoms with Crippen LogP contribution in [0.2, 0.25) is 0 Å². The van der Waals surface area contributed by atoms with Crippen LogP contribution in [0.1, 0.15) is 21.6 Å². The van der Waals surface area contributed by atoms with Gasteiger partial charge in [-0.05, 0) is 43.7 Å². The van der Waals surface area contributed by atoms with Crippen LogP contribution in [-0.2, 0) is 0 Å². The third-order valence-corrected chi connectivity index (χ3v) is 3.48. The summed E-state index contributed by atoms with van der Waals surface area (Å²) in [5.74, 6) is -1.03. The minimum absolute atomic E-state index is 0.169. The van der Waals surface area contributed by atoms with Crippen LogP contribution in [0.25, 0.3) is 5.69 Å². The molecule has 0 amide bonds. The predicted octanol–water partition coefficient (Wildman–Crippen LogP) is 2.92. The first-order valence-corrected chi connectivity index (χ1v) is 6.43. The summed E-state index contributed by atoms with van der Waals surface area (Å²) in [7, 11) is 0. The summed E-state index contributed by atoms with van der Waals surface area (Å²) >= 11 is 3.32. The Morgan fingerprint density at radius 3 is 2.32 bits per heavy atom. The van der Waals surface area contributed by atoms with Crippen molar-refractivity contribution in [3.63, 3.8) is 0 Å². The van der Waals surface area contributed by atoms with Crippen LogP contribution >= 0.6 is 15.9 Å². The molecule has 4 nitrogen and oxygen atoms in total. The van der Waals surface area contributed by atoms with Crippen LogP contribution < -0.4 is 5.56 Å². The van der Waals surface area contributed by atoms with Crippen LogP contribution in [0.4, 0.5) is 0 Å². The number of aromatic nitrogens is 1. The molecule has 0 unspecified atom stereocenters. The number of carboxylic acid groups (broad SMARTS) is 1. The number of aryl methyl sites for hydroxylation is 1. The van der Waals surface area contributed by atoms with Crippen molar-refractivity contribution in [2.75, 3.05) is 0 Å². The summed E-state index contributed by atoms with van der Waals surface area (Å²) in [4.78, 5) is 23.3. The van der Waals surface area contributed by atoms with E-state index in [0.717, 1.165) is 4.47 Å². The number of benzene rings is 1. The number of nitrogens with zero attached hydrogens (tertiary/aromatic N) is 1. The molecule has 0 atom stereocenters. The van der Waals surface area contributed by atoms with E-state index in [4.69, 9.17) is 0 Å². The van der Waals surface area contributed by atoms with E-state index in [1.807, 2.05) is 12.1 Å². The van der Waals surface area contributed by atoms with Crippen LogP contribution in [0.15, 0.2) is 39.6 Å². The van der Waals surface area contributed by atoms with E-state index < -0.39 is 5.97 Å². The van der Waals surface area contributed by atoms with Gasteiger partial charge in [0.05, 0.1) is 5.56 Å². The van der Waals surface area contributed by atoms with Gasteiger partial charge in [-0.1, -0.05) is 15.9 Å². The van der Waals surface area contributed by atoms with Crippen molar-refractivity contribution in [3.8, 4) is 5.69 Å². The molecule has 0 aliphatic heterocycles. The summed E-state index contributed by atoms with van der Waals surface area (Å²) in [6.07, 6.45) is 0. The molecule has 1 aromatic heterocycles. The molecule has 1 aromatic carbocycles. The third-order valence-electron chi connectivity index (χ3n) is 2.95. The molecule has 98 valence electrons. The Bertz CT molecular complexity index is 702. The van der Waals surface area contributed by atoms with E-state index >= 15 is 0 Å². The van der Waals surface area contributed by atoms with Crippen LogP contribution in [0.3, 0.4) is 0 Å². The Balaban J connectivity index is 2.77. The van der Waals surface area contributed by atoms with Gasteiger partial charge >= 0.3 is 5.97 Å². The molecule has 0 fully saturated rings. The molecule has 1 heterocycles. The Labute approximate surface area is 118 Å². The first-order valence-electron chi connectivity index (χ1n) is 5.64. The number of carboxylic acids is 1. The van der Waals surface area contributed by atoms with Crippen molar-refractivity contribution in [2.24, 2.45) is 0 Å². The zero-order valence-electron chi connectivity index (χ0n) is 10.5. The first kappa shape index (κ1) is 13.5. The molecule has 2 aromatic rings. The average molecular weight is 322 g/mol. The Hall–Kier alpha value is -1.88. The van der Waals surface area contributed by atoms with Gasteiger partial charge in [0, 0.05) is 21.9 Å². The highest BCUT2D eigenvalue weighted by atomic mass is 79.9. The van der Waals surface area contributed by atoms with Crippen LogP contribution in [0, 0.1) is 13.8 Å². The van der Waals surface area contributed by atoms with E-state index in [1.54, 1.807) is 26.0 Å². The Kier molecular flexibility index (Phi) is 3.57. The van der Waals surface area contributed by atoms with E-state index in [0.29, 0.717) is 16.9 Å². The molecule has 19 heavy (non-hydrogen) atoms. The topological polar surface area (TPSA) is 59.3 Å². The van der Waals surface area contributed by atoms with Crippen molar-refractivity contribution in [2.45, 2.75) is 13.8 Å². The van der Waals surface area contributed by atoms with Crippen molar-refractivity contribution in [1.29, 1.82) is 0 Å². The minimum atomic E-state index is -1.03. The molecule has 0 spiro atoms. The fourth-order valence-corrected chi connectivity index (χ4v) is 2.38. The predicted molar refractivity (Wildman–Crippen MR) is 76.2 cm³/mol. The number of aromatic carboxylic acids is 1. The fourth-order valence-electron chi connectivity index (χ4n) is 2.12. The normalized spacial score (nSPS) is 10.5. The second-order valence-electron chi connectivity index (χ2n) is 4.24. The standard InChI is InChI=1S/C14H12BrNO3/c1-8-7-12(17)16(9(2)13(8)14(18)19)11-5-3-10(15)4-6-11/h3-7H,1-2H3,(H,18,19). The van der Waals surface area contributed by atoms with E-state index in [-0.39, 0.29) is 11.1 Å².